The van der Waals surface area contributed by atoms with Gasteiger partial charge in [-0.05, 0) is 54.7 Å². The quantitative estimate of drug-likeness (QED) is 0.669. The van der Waals surface area contributed by atoms with Crippen molar-refractivity contribution in [1.29, 1.82) is 0 Å². The van der Waals surface area contributed by atoms with Crippen LogP contribution in [0.5, 0.6) is 11.5 Å². The number of benzene rings is 2. The van der Waals surface area contributed by atoms with Crippen LogP contribution in [0.25, 0.3) is 0 Å². The normalized spacial score (nSPS) is 15.7. The third kappa shape index (κ3) is 2.99. The zero-order chi connectivity index (χ0) is 14.7. The number of hydrogen-bond donors (Lipinski definition) is 2. The molecule has 0 aromatic heterocycles. The van der Waals surface area contributed by atoms with Gasteiger partial charge in [-0.15, -0.1) is 0 Å². The van der Waals surface area contributed by atoms with Crippen LogP contribution in [-0.4, -0.2) is 16.0 Å². The molecule has 0 aliphatic heterocycles. The summed E-state index contributed by atoms with van der Waals surface area (Å²) in [5, 5.41) is 21.9. The monoisotopic (exact) mass is 283 g/mol. The standard InChI is InChI=1S/C17H17NO3/c19-14-5-1-3-12(9-14)11-21-15-8-7-13-4-2-6-17(18-20)16(13)10-15/h1,3,5,7-10,19-20H,2,4,6,11H2/b18-17-. The maximum absolute atomic E-state index is 9.44. The summed E-state index contributed by atoms with van der Waals surface area (Å²) < 4.78 is 5.76. The molecular formula is C17H17NO3. The van der Waals surface area contributed by atoms with Crippen molar-refractivity contribution in [1.82, 2.24) is 0 Å². The highest BCUT2D eigenvalue weighted by Crippen LogP contribution is 2.26. The van der Waals surface area contributed by atoms with Crippen LogP contribution in [0.15, 0.2) is 47.6 Å². The van der Waals surface area contributed by atoms with Crippen LogP contribution in [0.2, 0.25) is 0 Å². The number of phenols is 1. The number of aromatic hydroxyl groups is 1. The molecule has 0 saturated carbocycles. The van der Waals surface area contributed by atoms with E-state index in [0.29, 0.717) is 6.61 Å². The summed E-state index contributed by atoms with van der Waals surface area (Å²) in [6, 6.07) is 12.9. The van der Waals surface area contributed by atoms with Crippen molar-refractivity contribution in [3.8, 4) is 11.5 Å². The molecule has 21 heavy (non-hydrogen) atoms. The Morgan fingerprint density at radius 2 is 2.00 bits per heavy atom. The van der Waals surface area contributed by atoms with Crippen molar-refractivity contribution in [2.24, 2.45) is 5.16 Å². The molecule has 2 N–H and O–H groups in total. The maximum Gasteiger partial charge on any atom is 0.120 e. The summed E-state index contributed by atoms with van der Waals surface area (Å²) in [6.45, 7) is 0.388. The van der Waals surface area contributed by atoms with Crippen LogP contribution < -0.4 is 4.74 Å². The summed E-state index contributed by atoms with van der Waals surface area (Å²) >= 11 is 0. The van der Waals surface area contributed by atoms with Crippen LogP contribution in [0.1, 0.15) is 29.5 Å². The number of hydrogen-bond acceptors (Lipinski definition) is 4. The molecule has 2 aromatic carbocycles. The van der Waals surface area contributed by atoms with Gasteiger partial charge in [0.25, 0.3) is 0 Å². The molecule has 0 amide bonds. The van der Waals surface area contributed by atoms with Gasteiger partial charge < -0.3 is 15.1 Å². The van der Waals surface area contributed by atoms with Crippen LogP contribution >= 0.6 is 0 Å². The van der Waals surface area contributed by atoms with Gasteiger partial charge in [0.15, 0.2) is 0 Å². The summed E-state index contributed by atoms with van der Waals surface area (Å²) in [6.07, 6.45) is 2.80. The molecule has 0 spiro atoms. The van der Waals surface area contributed by atoms with Crippen molar-refractivity contribution in [2.75, 3.05) is 0 Å². The van der Waals surface area contributed by atoms with E-state index in [9.17, 15) is 5.11 Å². The van der Waals surface area contributed by atoms with Gasteiger partial charge in [-0.3, -0.25) is 0 Å². The fourth-order valence-electron chi connectivity index (χ4n) is 2.63. The Morgan fingerprint density at radius 3 is 2.81 bits per heavy atom. The van der Waals surface area contributed by atoms with Gasteiger partial charge >= 0.3 is 0 Å². The number of oxime groups is 1. The molecule has 0 saturated heterocycles. The van der Waals surface area contributed by atoms with Gasteiger partial charge in [-0.2, -0.15) is 0 Å². The Hall–Kier alpha value is -2.49. The first-order valence-electron chi connectivity index (χ1n) is 7.01. The molecule has 1 aliphatic carbocycles. The Bertz CT molecular complexity index is 679. The van der Waals surface area contributed by atoms with E-state index >= 15 is 0 Å². The molecule has 0 atom stereocenters. The molecule has 4 heteroatoms. The second kappa shape index (κ2) is 5.87. The van der Waals surface area contributed by atoms with E-state index in [2.05, 4.69) is 5.16 Å². The fraction of sp³-hybridized carbons (Fsp3) is 0.235. The molecule has 3 rings (SSSR count). The van der Waals surface area contributed by atoms with E-state index in [1.54, 1.807) is 18.2 Å². The molecule has 0 unspecified atom stereocenters. The highest BCUT2D eigenvalue weighted by Gasteiger charge is 2.16. The lowest BCUT2D eigenvalue weighted by atomic mass is 9.90. The largest absolute Gasteiger partial charge is 0.508 e. The first-order valence-corrected chi connectivity index (χ1v) is 7.01. The average molecular weight is 283 g/mol. The van der Waals surface area contributed by atoms with E-state index in [-0.39, 0.29) is 5.75 Å². The number of nitrogens with zero attached hydrogens (tertiary/aromatic N) is 1. The lowest BCUT2D eigenvalue weighted by molar-refractivity contribution is 0.305. The smallest absolute Gasteiger partial charge is 0.120 e. The Morgan fingerprint density at radius 1 is 1.10 bits per heavy atom. The molecule has 2 aromatic rings. The summed E-state index contributed by atoms with van der Waals surface area (Å²) in [5.74, 6) is 0.969. The first-order chi connectivity index (χ1) is 10.3. The first kappa shape index (κ1) is 13.5. The van der Waals surface area contributed by atoms with Crippen LogP contribution in [0.4, 0.5) is 0 Å². The molecule has 0 heterocycles. The predicted octanol–water partition coefficient (Wildman–Crippen LogP) is 3.49. The third-order valence-electron chi connectivity index (χ3n) is 3.69. The third-order valence-corrected chi connectivity index (χ3v) is 3.69. The minimum atomic E-state index is 0.233. The zero-order valence-electron chi connectivity index (χ0n) is 11.6. The van der Waals surface area contributed by atoms with Crippen molar-refractivity contribution in [3.05, 3.63) is 59.2 Å². The molecule has 108 valence electrons. The van der Waals surface area contributed by atoms with E-state index in [4.69, 9.17) is 9.94 Å². The highest BCUT2D eigenvalue weighted by atomic mass is 16.5. The Kier molecular flexibility index (Phi) is 3.77. The number of rotatable bonds is 3. The van der Waals surface area contributed by atoms with Gasteiger partial charge in [-0.1, -0.05) is 23.4 Å². The Labute approximate surface area is 123 Å². The molecule has 0 fully saturated rings. The van der Waals surface area contributed by atoms with E-state index in [1.807, 2.05) is 24.3 Å². The minimum Gasteiger partial charge on any atom is -0.508 e. The molecule has 1 aliphatic rings. The SMILES string of the molecule is O/N=C1/CCCc2ccc(OCc3cccc(O)c3)cc21. The average Bonchev–Trinajstić information content (AvgIpc) is 2.52. The molecule has 0 bridgehead atoms. The van der Waals surface area contributed by atoms with Gasteiger partial charge in [0.2, 0.25) is 0 Å². The maximum atomic E-state index is 9.44. The van der Waals surface area contributed by atoms with Gasteiger partial charge in [0, 0.05) is 5.56 Å². The number of fused-ring (bicyclic) bond motifs is 1. The fourth-order valence-corrected chi connectivity index (χ4v) is 2.63. The zero-order valence-corrected chi connectivity index (χ0v) is 11.6. The lowest BCUT2D eigenvalue weighted by Gasteiger charge is -2.18. The van der Waals surface area contributed by atoms with Gasteiger partial charge in [0.05, 0.1) is 5.71 Å². The van der Waals surface area contributed by atoms with Crippen molar-refractivity contribution in [2.45, 2.75) is 25.9 Å². The van der Waals surface area contributed by atoms with Crippen molar-refractivity contribution in [3.63, 3.8) is 0 Å². The minimum absolute atomic E-state index is 0.233. The predicted molar refractivity (Wildman–Crippen MR) is 80.1 cm³/mol. The van der Waals surface area contributed by atoms with E-state index in [1.165, 1.54) is 5.56 Å². The summed E-state index contributed by atoms with van der Waals surface area (Å²) in [4.78, 5) is 0. The van der Waals surface area contributed by atoms with Crippen molar-refractivity contribution >= 4 is 5.71 Å². The van der Waals surface area contributed by atoms with Gasteiger partial charge in [0.1, 0.15) is 18.1 Å². The second-order valence-corrected chi connectivity index (χ2v) is 5.18. The van der Waals surface area contributed by atoms with Crippen LogP contribution in [0.3, 0.4) is 0 Å². The number of aryl methyl sites for hydroxylation is 1. The second-order valence-electron chi connectivity index (χ2n) is 5.18. The molecule has 0 radical (unpaired) electrons. The van der Waals surface area contributed by atoms with E-state index in [0.717, 1.165) is 41.9 Å². The van der Waals surface area contributed by atoms with Crippen LogP contribution in [-0.2, 0) is 13.0 Å². The van der Waals surface area contributed by atoms with Crippen molar-refractivity contribution < 1.29 is 15.1 Å². The van der Waals surface area contributed by atoms with E-state index < -0.39 is 0 Å². The molecular weight excluding hydrogens is 266 g/mol. The topological polar surface area (TPSA) is 62.1 Å². The molecule has 4 nitrogen and oxygen atoms in total. The Balaban J connectivity index is 1.78. The van der Waals surface area contributed by atoms with Crippen LogP contribution in [0, 0.1) is 0 Å². The van der Waals surface area contributed by atoms with Gasteiger partial charge in [-0.25, -0.2) is 0 Å². The summed E-state index contributed by atoms with van der Waals surface area (Å²) in [7, 11) is 0. The highest BCUT2D eigenvalue weighted by molar-refractivity contribution is 6.02. The lowest BCUT2D eigenvalue weighted by Crippen LogP contribution is -2.12. The number of phenolic OH excluding ortho intramolecular Hbond substituents is 1. The number of ether oxygens (including phenoxy) is 1. The summed E-state index contributed by atoms with van der Waals surface area (Å²) in [5.41, 5.74) is 3.79.